The third-order valence-electron chi connectivity index (χ3n) is 2.64. The van der Waals surface area contributed by atoms with Crippen LogP contribution in [0.5, 0.6) is 0 Å². The number of nitrogens with one attached hydrogen (secondary N) is 2. The van der Waals surface area contributed by atoms with E-state index < -0.39 is 28.4 Å². The number of anilines is 1. The van der Waals surface area contributed by atoms with Crippen molar-refractivity contribution < 1.29 is 23.1 Å². The highest BCUT2D eigenvalue weighted by Crippen LogP contribution is 2.12. The van der Waals surface area contributed by atoms with Crippen molar-refractivity contribution in [3.05, 3.63) is 46.7 Å². The lowest BCUT2D eigenvalue weighted by molar-refractivity contribution is -0.115. The Morgan fingerprint density at radius 1 is 1.14 bits per heavy atom. The van der Waals surface area contributed by atoms with Gasteiger partial charge in [-0.05, 0) is 35.7 Å². The Kier molecular flexibility index (Phi) is 4.91. The second-order valence-corrected chi connectivity index (χ2v) is 6.76. The molecule has 1 amide bonds. The van der Waals surface area contributed by atoms with Gasteiger partial charge in [-0.3, -0.25) is 4.79 Å². The fourth-order valence-corrected chi connectivity index (χ4v) is 3.13. The van der Waals surface area contributed by atoms with E-state index in [0.717, 1.165) is 0 Å². The number of hydrogen-bond donors (Lipinski definition) is 3. The van der Waals surface area contributed by atoms with Gasteiger partial charge >= 0.3 is 5.97 Å². The topological polar surface area (TPSA) is 113 Å². The summed E-state index contributed by atoms with van der Waals surface area (Å²) in [6.07, 6.45) is 0. The van der Waals surface area contributed by atoms with Crippen molar-refractivity contribution >= 4 is 38.9 Å². The maximum absolute atomic E-state index is 12.0. The summed E-state index contributed by atoms with van der Waals surface area (Å²) in [4.78, 5) is 22.2. The van der Waals surface area contributed by atoms with Gasteiger partial charge in [-0.25, -0.2) is 17.9 Å². The molecule has 2 rings (SSSR count). The maximum Gasteiger partial charge on any atom is 0.335 e. The third-order valence-corrected chi connectivity index (χ3v) is 4.74. The standard InChI is InChI=1S/C13H12N2O5S2/c16-12(15-10-5-6-21-8-10)7-14-22(19,20)11-3-1-9(2-4-11)13(17)18/h1-6,8,14H,7H2,(H,15,16)(H,17,18). The van der Waals surface area contributed by atoms with E-state index in [2.05, 4.69) is 10.0 Å². The van der Waals surface area contributed by atoms with Gasteiger partial charge in [0.2, 0.25) is 15.9 Å². The number of sulfonamides is 1. The van der Waals surface area contributed by atoms with E-state index in [-0.39, 0.29) is 10.5 Å². The SMILES string of the molecule is O=C(CNS(=O)(=O)c1ccc(C(=O)O)cc1)Nc1ccsc1. The highest BCUT2D eigenvalue weighted by molar-refractivity contribution is 7.89. The maximum atomic E-state index is 12.0. The minimum Gasteiger partial charge on any atom is -0.478 e. The van der Waals surface area contributed by atoms with Crippen LogP contribution in [0.2, 0.25) is 0 Å². The van der Waals surface area contributed by atoms with Gasteiger partial charge < -0.3 is 10.4 Å². The molecule has 0 aliphatic heterocycles. The molecule has 0 fully saturated rings. The molecule has 0 saturated carbocycles. The number of aromatic carboxylic acids is 1. The van der Waals surface area contributed by atoms with Crippen molar-refractivity contribution in [2.45, 2.75) is 4.90 Å². The zero-order valence-electron chi connectivity index (χ0n) is 11.1. The summed E-state index contributed by atoms with van der Waals surface area (Å²) in [5, 5.41) is 14.8. The number of hydrogen-bond acceptors (Lipinski definition) is 5. The number of rotatable bonds is 6. The molecule has 0 aliphatic carbocycles. The average Bonchev–Trinajstić information content (AvgIpc) is 2.98. The van der Waals surface area contributed by atoms with Crippen LogP contribution in [0.15, 0.2) is 46.0 Å². The van der Waals surface area contributed by atoms with Crippen LogP contribution >= 0.6 is 11.3 Å². The Morgan fingerprint density at radius 2 is 1.82 bits per heavy atom. The molecule has 3 N–H and O–H groups in total. The minimum atomic E-state index is -3.88. The first-order valence-corrected chi connectivity index (χ1v) is 8.46. The molecule has 1 heterocycles. The first kappa shape index (κ1) is 16.1. The summed E-state index contributed by atoms with van der Waals surface area (Å²) < 4.78 is 26.1. The lowest BCUT2D eigenvalue weighted by Gasteiger charge is -2.07. The molecular weight excluding hydrogens is 328 g/mol. The molecule has 7 nitrogen and oxygen atoms in total. The molecule has 22 heavy (non-hydrogen) atoms. The van der Waals surface area contributed by atoms with E-state index in [1.54, 1.807) is 16.8 Å². The van der Waals surface area contributed by atoms with Crippen LogP contribution in [0, 0.1) is 0 Å². The first-order valence-electron chi connectivity index (χ1n) is 6.03. The number of carbonyl (C=O) groups is 2. The van der Waals surface area contributed by atoms with Gasteiger partial charge in [0.05, 0.1) is 22.7 Å². The lowest BCUT2D eigenvalue weighted by Crippen LogP contribution is -2.32. The number of carbonyl (C=O) groups excluding carboxylic acids is 1. The number of amides is 1. The van der Waals surface area contributed by atoms with E-state index >= 15 is 0 Å². The van der Waals surface area contributed by atoms with E-state index in [0.29, 0.717) is 5.69 Å². The van der Waals surface area contributed by atoms with Crippen molar-refractivity contribution in [3.63, 3.8) is 0 Å². The van der Waals surface area contributed by atoms with Crippen molar-refractivity contribution in [1.82, 2.24) is 4.72 Å². The summed E-state index contributed by atoms with van der Waals surface area (Å²) in [6.45, 7) is -0.418. The van der Waals surface area contributed by atoms with Gasteiger partial charge in [-0.1, -0.05) is 0 Å². The molecule has 0 saturated heterocycles. The van der Waals surface area contributed by atoms with E-state index in [1.807, 2.05) is 0 Å². The third kappa shape index (κ3) is 4.13. The summed E-state index contributed by atoms with van der Waals surface area (Å²) in [5.41, 5.74) is 0.578. The molecule has 0 radical (unpaired) electrons. The second kappa shape index (κ2) is 6.69. The number of benzene rings is 1. The predicted octanol–water partition coefficient (Wildman–Crippen LogP) is 1.36. The molecule has 1 aromatic carbocycles. The van der Waals surface area contributed by atoms with Crippen LogP contribution in [-0.2, 0) is 14.8 Å². The second-order valence-electron chi connectivity index (χ2n) is 4.21. The van der Waals surface area contributed by atoms with E-state index in [9.17, 15) is 18.0 Å². The summed E-state index contributed by atoms with van der Waals surface area (Å²) in [6, 6.07) is 6.40. The van der Waals surface area contributed by atoms with Gasteiger partial charge in [0.1, 0.15) is 0 Å². The van der Waals surface area contributed by atoms with Crippen LogP contribution in [0.3, 0.4) is 0 Å². The normalized spacial score (nSPS) is 11.1. The molecule has 9 heteroatoms. The molecule has 2 aromatic rings. The van der Waals surface area contributed by atoms with Gasteiger partial charge in [-0.15, -0.1) is 0 Å². The number of carboxylic acids is 1. The van der Waals surface area contributed by atoms with Gasteiger partial charge in [0.15, 0.2) is 0 Å². The molecule has 0 atom stereocenters. The van der Waals surface area contributed by atoms with Crippen LogP contribution < -0.4 is 10.0 Å². The smallest absolute Gasteiger partial charge is 0.335 e. The van der Waals surface area contributed by atoms with Crippen LogP contribution in [0.4, 0.5) is 5.69 Å². The number of carboxylic acid groups (broad SMARTS) is 1. The highest BCUT2D eigenvalue weighted by Gasteiger charge is 2.16. The number of thiophene rings is 1. The quantitative estimate of drug-likeness (QED) is 0.735. The first-order chi connectivity index (χ1) is 10.4. The van der Waals surface area contributed by atoms with Gasteiger partial charge in [0, 0.05) is 5.38 Å². The Labute approximate surface area is 130 Å². The summed E-state index contributed by atoms with van der Waals surface area (Å²) >= 11 is 1.40. The lowest BCUT2D eigenvalue weighted by atomic mass is 10.2. The van der Waals surface area contributed by atoms with Gasteiger partial charge in [-0.2, -0.15) is 11.3 Å². The molecule has 0 bridgehead atoms. The highest BCUT2D eigenvalue weighted by atomic mass is 32.2. The average molecular weight is 340 g/mol. The van der Waals surface area contributed by atoms with Crippen molar-refractivity contribution in [2.75, 3.05) is 11.9 Å². The fraction of sp³-hybridized carbons (Fsp3) is 0.0769. The molecule has 0 aliphatic rings. The molecule has 0 unspecified atom stereocenters. The molecule has 0 spiro atoms. The fourth-order valence-electron chi connectivity index (χ4n) is 1.56. The van der Waals surface area contributed by atoms with Crippen molar-refractivity contribution in [1.29, 1.82) is 0 Å². The largest absolute Gasteiger partial charge is 0.478 e. The van der Waals surface area contributed by atoms with Crippen LogP contribution in [-0.4, -0.2) is 31.9 Å². The van der Waals surface area contributed by atoms with Gasteiger partial charge in [0.25, 0.3) is 0 Å². The van der Waals surface area contributed by atoms with Crippen LogP contribution in [0.25, 0.3) is 0 Å². The Balaban J connectivity index is 1.98. The Hall–Kier alpha value is -2.23. The molecule has 1 aromatic heterocycles. The van der Waals surface area contributed by atoms with Crippen molar-refractivity contribution in [2.24, 2.45) is 0 Å². The molecular formula is C13H12N2O5S2. The van der Waals surface area contributed by atoms with E-state index in [4.69, 9.17) is 5.11 Å². The monoisotopic (exact) mass is 340 g/mol. The van der Waals surface area contributed by atoms with E-state index in [1.165, 1.54) is 35.6 Å². The Morgan fingerprint density at radius 3 is 2.36 bits per heavy atom. The zero-order valence-corrected chi connectivity index (χ0v) is 12.8. The van der Waals surface area contributed by atoms with Crippen molar-refractivity contribution in [3.8, 4) is 0 Å². The predicted molar refractivity (Wildman–Crippen MR) is 81.5 cm³/mol. The van der Waals surface area contributed by atoms with Crippen LogP contribution in [0.1, 0.15) is 10.4 Å². The minimum absolute atomic E-state index is 0.0193. The molecule has 116 valence electrons. The Bertz CT molecular complexity index is 767. The zero-order chi connectivity index (χ0) is 16.2. The summed E-state index contributed by atoms with van der Waals surface area (Å²) in [7, 11) is -3.88. The summed E-state index contributed by atoms with van der Waals surface area (Å²) in [5.74, 6) is -1.64.